The second-order valence-electron chi connectivity index (χ2n) is 7.02. The first-order chi connectivity index (χ1) is 12.3. The fourth-order valence-electron chi connectivity index (χ4n) is 3.18. The summed E-state index contributed by atoms with van der Waals surface area (Å²) < 4.78 is 3.17. The number of hydrogen-bond acceptors (Lipinski definition) is 0. The van der Waals surface area contributed by atoms with Crippen LogP contribution >= 0.6 is 0 Å². The molecule has 0 aromatic heterocycles. The van der Waals surface area contributed by atoms with Crippen molar-refractivity contribution >= 4 is 28.1 Å². The molecule has 1 heteroatoms. The predicted octanol–water partition coefficient (Wildman–Crippen LogP) is 5.59. The van der Waals surface area contributed by atoms with E-state index in [-0.39, 0.29) is 20.9 Å². The van der Waals surface area contributed by atoms with E-state index in [1.54, 1.807) is 7.22 Å². The first-order valence-corrected chi connectivity index (χ1v) is 12.5. The Morgan fingerprint density at radius 3 is 1.52 bits per heavy atom. The molecule has 0 radical (unpaired) electrons. The molecule has 2 rings (SSSR count). The van der Waals surface area contributed by atoms with Crippen LogP contribution in [-0.4, -0.2) is 20.9 Å². The molecule has 0 fully saturated rings. The van der Waals surface area contributed by atoms with Crippen molar-refractivity contribution < 1.29 is 0 Å². The van der Waals surface area contributed by atoms with Gasteiger partial charge in [0.2, 0.25) is 0 Å². The Hall–Kier alpha value is -0.770. The van der Waals surface area contributed by atoms with Gasteiger partial charge >= 0.3 is 166 Å². The molecule has 0 aliphatic rings. The fraction of sp³-hybridized carbons (Fsp3) is 0.500. The maximum atomic E-state index is 2.47. The van der Waals surface area contributed by atoms with Crippen LogP contribution in [0.1, 0.15) is 76.3 Å². The molecule has 0 spiro atoms. The molecule has 0 saturated carbocycles. The molecule has 0 N–H and O–H groups in total. The van der Waals surface area contributed by atoms with Gasteiger partial charge in [-0.05, 0) is 0 Å². The molecule has 2 aromatic carbocycles. The summed E-state index contributed by atoms with van der Waals surface area (Å²) in [5, 5.41) is 0. The van der Waals surface area contributed by atoms with Gasteiger partial charge in [-0.1, -0.05) is 0 Å². The summed E-state index contributed by atoms with van der Waals surface area (Å²) >= 11 is -0.253. The Kier molecular flexibility index (Phi) is 10.3. The summed E-state index contributed by atoms with van der Waals surface area (Å²) in [6.45, 7) is 4.56. The van der Waals surface area contributed by atoms with Gasteiger partial charge in [-0.25, -0.2) is 0 Å². The molecular weight excluding hydrogens is 416 g/mol. The number of hydrogen-bond donors (Lipinski definition) is 0. The molecule has 0 aliphatic heterocycles. The average Bonchev–Trinajstić information content (AvgIpc) is 2.63. The third-order valence-corrected chi connectivity index (χ3v) is 7.47. The molecule has 0 nitrogen and oxygen atoms in total. The maximum absolute atomic E-state index is 2.47. The van der Waals surface area contributed by atoms with Gasteiger partial charge in [0.25, 0.3) is 0 Å². The monoisotopic (exact) mass is 452 g/mol. The van der Waals surface area contributed by atoms with E-state index in [9.17, 15) is 0 Å². The second kappa shape index (κ2) is 12.6. The summed E-state index contributed by atoms with van der Waals surface area (Å²) in [6, 6.07) is 18.8. The van der Waals surface area contributed by atoms with Crippen molar-refractivity contribution in [3.05, 3.63) is 59.7 Å². The second-order valence-corrected chi connectivity index (χ2v) is 10.3. The van der Waals surface area contributed by atoms with Crippen LogP contribution in [0.5, 0.6) is 0 Å². The molecular formula is C24H34Te. The molecule has 0 amide bonds. The molecule has 0 unspecified atom stereocenters. The molecule has 25 heavy (non-hydrogen) atoms. The van der Waals surface area contributed by atoms with Gasteiger partial charge in [0.05, 0.1) is 0 Å². The number of rotatable bonds is 12. The summed E-state index contributed by atoms with van der Waals surface area (Å²) in [4.78, 5) is 0. The van der Waals surface area contributed by atoms with Crippen LogP contribution < -0.4 is 7.22 Å². The molecule has 0 aliphatic carbocycles. The van der Waals surface area contributed by atoms with Crippen LogP contribution in [0.25, 0.3) is 0 Å². The van der Waals surface area contributed by atoms with Crippen LogP contribution in [0.15, 0.2) is 48.5 Å². The number of aryl methyl sites for hydroxylation is 2. The van der Waals surface area contributed by atoms with Gasteiger partial charge in [0, 0.05) is 0 Å². The van der Waals surface area contributed by atoms with Crippen molar-refractivity contribution in [2.45, 2.75) is 78.1 Å². The van der Waals surface area contributed by atoms with Gasteiger partial charge in [0.15, 0.2) is 0 Å². The normalized spacial score (nSPS) is 11.0. The molecule has 0 saturated heterocycles. The Morgan fingerprint density at radius 2 is 1.08 bits per heavy atom. The van der Waals surface area contributed by atoms with Gasteiger partial charge in [-0.3, -0.25) is 0 Å². The van der Waals surface area contributed by atoms with Crippen molar-refractivity contribution in [1.29, 1.82) is 0 Å². The van der Waals surface area contributed by atoms with E-state index >= 15 is 0 Å². The Balaban J connectivity index is 1.88. The number of benzene rings is 2. The van der Waals surface area contributed by atoms with Crippen LogP contribution in [-0.2, 0) is 12.8 Å². The molecule has 136 valence electrons. The van der Waals surface area contributed by atoms with Crippen LogP contribution in [0.3, 0.4) is 0 Å². The van der Waals surface area contributed by atoms with Crippen LogP contribution in [0, 0.1) is 0 Å². The van der Waals surface area contributed by atoms with Crippen molar-refractivity contribution in [2.75, 3.05) is 0 Å². The molecule has 2 aromatic rings. The van der Waals surface area contributed by atoms with Crippen molar-refractivity contribution in [1.82, 2.24) is 0 Å². The first-order valence-electron chi connectivity index (χ1n) is 10.2. The SMILES string of the molecule is CCCCCCc1cccc([Te]c2cccc(CCCCCC)c2)c1. The fourth-order valence-corrected chi connectivity index (χ4v) is 5.99. The zero-order valence-electron chi connectivity index (χ0n) is 16.1. The van der Waals surface area contributed by atoms with Crippen LogP contribution in [0.4, 0.5) is 0 Å². The Labute approximate surface area is 165 Å². The van der Waals surface area contributed by atoms with Gasteiger partial charge < -0.3 is 0 Å². The zero-order valence-corrected chi connectivity index (χ0v) is 18.4. The molecule has 0 heterocycles. The van der Waals surface area contributed by atoms with Gasteiger partial charge in [-0.15, -0.1) is 0 Å². The first kappa shape index (κ1) is 20.5. The zero-order chi connectivity index (χ0) is 17.7. The van der Waals surface area contributed by atoms with E-state index in [1.165, 1.54) is 75.3 Å². The van der Waals surface area contributed by atoms with E-state index in [2.05, 4.69) is 62.4 Å². The third-order valence-electron chi connectivity index (χ3n) is 4.67. The van der Waals surface area contributed by atoms with E-state index in [0.29, 0.717) is 0 Å². The summed E-state index contributed by atoms with van der Waals surface area (Å²) in [6.07, 6.45) is 13.3. The average molecular weight is 450 g/mol. The standard InChI is InChI=1S/C24H34Te/c1-3-5-7-9-13-21-15-11-17-23(19-21)25-24-18-12-16-22(20-24)14-10-8-6-4-2/h11-12,15-20H,3-10,13-14H2,1-2H3. The molecule has 0 bridgehead atoms. The topological polar surface area (TPSA) is 0 Å². The predicted molar refractivity (Wildman–Crippen MR) is 114 cm³/mol. The van der Waals surface area contributed by atoms with E-state index in [0.717, 1.165) is 0 Å². The number of unbranched alkanes of at least 4 members (excludes halogenated alkanes) is 6. The van der Waals surface area contributed by atoms with E-state index in [4.69, 9.17) is 0 Å². The van der Waals surface area contributed by atoms with Crippen LogP contribution in [0.2, 0.25) is 0 Å². The Morgan fingerprint density at radius 1 is 0.600 bits per heavy atom. The minimum atomic E-state index is -0.253. The Bertz CT molecular complexity index is 549. The minimum absolute atomic E-state index is 0.253. The summed E-state index contributed by atoms with van der Waals surface area (Å²) in [7, 11) is 0. The van der Waals surface area contributed by atoms with Crippen molar-refractivity contribution in [2.24, 2.45) is 0 Å². The third kappa shape index (κ3) is 8.44. The molecule has 0 atom stereocenters. The van der Waals surface area contributed by atoms with Gasteiger partial charge in [-0.2, -0.15) is 0 Å². The van der Waals surface area contributed by atoms with Crippen molar-refractivity contribution in [3.8, 4) is 0 Å². The quantitative estimate of drug-likeness (QED) is 0.293. The summed E-state index contributed by atoms with van der Waals surface area (Å²) in [5.74, 6) is 0. The summed E-state index contributed by atoms with van der Waals surface area (Å²) in [5.41, 5.74) is 3.07. The van der Waals surface area contributed by atoms with Gasteiger partial charge in [0.1, 0.15) is 0 Å². The van der Waals surface area contributed by atoms with Crippen molar-refractivity contribution in [3.63, 3.8) is 0 Å². The van der Waals surface area contributed by atoms with E-state index in [1.807, 2.05) is 0 Å². The van der Waals surface area contributed by atoms with E-state index < -0.39 is 0 Å².